The van der Waals surface area contributed by atoms with E-state index < -0.39 is 4.92 Å². The van der Waals surface area contributed by atoms with E-state index in [1.165, 1.54) is 23.5 Å². The molecule has 3 aromatic rings. The Kier molecular flexibility index (Phi) is 5.33. The molecule has 0 saturated carbocycles. The van der Waals surface area contributed by atoms with Gasteiger partial charge in [0.15, 0.2) is 0 Å². The number of nitrogens with zero attached hydrogens (tertiary/aromatic N) is 3. The van der Waals surface area contributed by atoms with E-state index in [0.29, 0.717) is 31.9 Å². The summed E-state index contributed by atoms with van der Waals surface area (Å²) in [4.78, 5) is 14.7. The first-order valence-electron chi connectivity index (χ1n) is 7.25. The maximum absolute atomic E-state index is 10.7. The van der Waals surface area contributed by atoms with Crippen molar-refractivity contribution in [2.45, 2.75) is 0 Å². The van der Waals surface area contributed by atoms with E-state index in [2.05, 4.69) is 11.1 Å². The second kappa shape index (κ2) is 7.67. The molecule has 26 heavy (non-hydrogen) atoms. The first-order chi connectivity index (χ1) is 12.5. The van der Waals surface area contributed by atoms with Crippen LogP contribution in [0.25, 0.3) is 22.9 Å². The van der Waals surface area contributed by atoms with Crippen LogP contribution in [0.5, 0.6) is 0 Å². The fourth-order valence-electron chi connectivity index (χ4n) is 2.19. The van der Waals surface area contributed by atoms with Gasteiger partial charge < -0.3 is 0 Å². The lowest BCUT2D eigenvalue weighted by Gasteiger charge is -1.99. The van der Waals surface area contributed by atoms with Crippen molar-refractivity contribution < 1.29 is 4.92 Å². The van der Waals surface area contributed by atoms with Crippen molar-refractivity contribution in [3.05, 3.63) is 78.6 Å². The lowest BCUT2D eigenvalue weighted by atomic mass is 10.1. The highest BCUT2D eigenvalue weighted by atomic mass is 35.5. The Labute approximate surface area is 162 Å². The largest absolute Gasteiger partial charge is 0.269 e. The van der Waals surface area contributed by atoms with Crippen LogP contribution >= 0.6 is 34.5 Å². The number of nitriles is 1. The van der Waals surface area contributed by atoms with Gasteiger partial charge in [-0.15, -0.1) is 11.3 Å². The second-order valence-electron chi connectivity index (χ2n) is 5.19. The van der Waals surface area contributed by atoms with E-state index in [-0.39, 0.29) is 5.69 Å². The minimum absolute atomic E-state index is 0.00295. The van der Waals surface area contributed by atoms with E-state index >= 15 is 0 Å². The molecule has 0 fully saturated rings. The topological polar surface area (TPSA) is 79.8 Å². The molecule has 0 aliphatic carbocycles. The van der Waals surface area contributed by atoms with Gasteiger partial charge in [0.2, 0.25) is 0 Å². The van der Waals surface area contributed by atoms with Crippen molar-refractivity contribution >= 4 is 51.9 Å². The minimum atomic E-state index is -0.469. The molecule has 0 aliphatic heterocycles. The van der Waals surface area contributed by atoms with E-state index in [9.17, 15) is 15.4 Å². The summed E-state index contributed by atoms with van der Waals surface area (Å²) >= 11 is 13.3. The fourth-order valence-corrected chi connectivity index (χ4v) is 3.28. The molecular weight excluding hydrogens is 393 g/mol. The summed E-state index contributed by atoms with van der Waals surface area (Å²) in [6.07, 6.45) is 1.64. The van der Waals surface area contributed by atoms with Crippen molar-refractivity contribution in [1.82, 2.24) is 4.98 Å². The van der Waals surface area contributed by atoms with Crippen LogP contribution in [0, 0.1) is 21.4 Å². The number of thiazole rings is 1. The molecule has 1 aromatic heterocycles. The Morgan fingerprint density at radius 1 is 1.19 bits per heavy atom. The number of hydrogen-bond donors (Lipinski definition) is 0. The number of aromatic nitrogens is 1. The number of halogens is 2. The molecule has 128 valence electrons. The van der Waals surface area contributed by atoms with Gasteiger partial charge in [0, 0.05) is 23.1 Å². The molecule has 1 heterocycles. The number of nitro benzene ring substituents is 1. The van der Waals surface area contributed by atoms with Crippen LogP contribution in [0.3, 0.4) is 0 Å². The van der Waals surface area contributed by atoms with Crippen LogP contribution in [-0.2, 0) is 0 Å². The highest BCUT2D eigenvalue weighted by molar-refractivity contribution is 7.11. The molecule has 0 radical (unpaired) electrons. The number of allylic oxidation sites excluding steroid dienone is 1. The lowest BCUT2D eigenvalue weighted by Crippen LogP contribution is -1.87. The van der Waals surface area contributed by atoms with Crippen LogP contribution in [0.2, 0.25) is 10.0 Å². The third kappa shape index (κ3) is 3.92. The molecule has 0 N–H and O–H groups in total. The molecule has 0 atom stereocenters. The summed E-state index contributed by atoms with van der Waals surface area (Å²) in [5.41, 5.74) is 2.54. The van der Waals surface area contributed by atoms with Crippen LogP contribution in [-0.4, -0.2) is 9.91 Å². The highest BCUT2D eigenvalue weighted by Gasteiger charge is 2.11. The molecule has 0 bridgehead atoms. The molecule has 0 aliphatic rings. The van der Waals surface area contributed by atoms with Gasteiger partial charge in [0.05, 0.1) is 26.2 Å². The van der Waals surface area contributed by atoms with Crippen LogP contribution in [0.1, 0.15) is 10.6 Å². The summed E-state index contributed by atoms with van der Waals surface area (Å²) in [5.74, 6) is 0. The number of benzene rings is 2. The molecule has 3 rings (SSSR count). The quantitative estimate of drug-likeness (QED) is 0.301. The number of nitro groups is 1. The van der Waals surface area contributed by atoms with Crippen molar-refractivity contribution in [3.63, 3.8) is 0 Å². The maximum atomic E-state index is 10.7. The second-order valence-corrected chi connectivity index (χ2v) is 6.86. The molecule has 0 saturated heterocycles. The Balaban J connectivity index is 1.91. The average Bonchev–Trinajstić information content (AvgIpc) is 3.12. The van der Waals surface area contributed by atoms with Gasteiger partial charge in [-0.2, -0.15) is 5.26 Å². The zero-order valence-electron chi connectivity index (χ0n) is 13.0. The van der Waals surface area contributed by atoms with Gasteiger partial charge in [-0.05, 0) is 35.9 Å². The van der Waals surface area contributed by atoms with Gasteiger partial charge in [-0.1, -0.05) is 29.3 Å². The van der Waals surface area contributed by atoms with E-state index in [0.717, 1.165) is 5.56 Å². The average molecular weight is 402 g/mol. The van der Waals surface area contributed by atoms with Gasteiger partial charge in [-0.3, -0.25) is 10.1 Å². The minimum Gasteiger partial charge on any atom is -0.258 e. The first kappa shape index (κ1) is 18.1. The van der Waals surface area contributed by atoms with Gasteiger partial charge in [-0.25, -0.2) is 4.98 Å². The third-order valence-corrected chi connectivity index (χ3v) is 5.10. The van der Waals surface area contributed by atoms with Crippen LogP contribution in [0.4, 0.5) is 5.69 Å². The monoisotopic (exact) mass is 401 g/mol. The molecular formula is C18H9Cl2N3O2S. The summed E-state index contributed by atoms with van der Waals surface area (Å²) in [5, 5.41) is 23.4. The van der Waals surface area contributed by atoms with Gasteiger partial charge in [0.1, 0.15) is 11.1 Å². The summed E-state index contributed by atoms with van der Waals surface area (Å²) in [7, 11) is 0. The van der Waals surface area contributed by atoms with Gasteiger partial charge >= 0.3 is 0 Å². The summed E-state index contributed by atoms with van der Waals surface area (Å²) in [6, 6.07) is 13.3. The fraction of sp³-hybridized carbons (Fsp3) is 0. The molecule has 2 aromatic carbocycles. The molecule has 8 heteroatoms. The lowest BCUT2D eigenvalue weighted by molar-refractivity contribution is -0.384. The highest BCUT2D eigenvalue weighted by Crippen LogP contribution is 2.31. The first-order valence-corrected chi connectivity index (χ1v) is 8.89. The van der Waals surface area contributed by atoms with Gasteiger partial charge in [0.25, 0.3) is 5.69 Å². The SMILES string of the molecule is N#C/C(=C\c1ccc([N+](=O)[O-])cc1)c1nc(-c2ccc(Cl)c(Cl)c2)cs1. The number of non-ortho nitro benzene ring substituents is 1. The van der Waals surface area contributed by atoms with Crippen LogP contribution in [0.15, 0.2) is 47.8 Å². The standard InChI is InChI=1S/C18H9Cl2N3O2S/c19-15-6-3-12(8-16(15)20)17-10-26-18(22-17)13(9-21)7-11-1-4-14(5-2-11)23(24)25/h1-8,10H/b13-7+. The van der Waals surface area contributed by atoms with Crippen molar-refractivity contribution in [1.29, 1.82) is 5.26 Å². The summed E-state index contributed by atoms with van der Waals surface area (Å²) in [6.45, 7) is 0. The molecule has 0 spiro atoms. The van der Waals surface area contributed by atoms with Crippen LogP contribution < -0.4 is 0 Å². The van der Waals surface area contributed by atoms with Crippen molar-refractivity contribution in [2.75, 3.05) is 0 Å². The maximum Gasteiger partial charge on any atom is 0.269 e. The zero-order chi connectivity index (χ0) is 18.7. The third-order valence-electron chi connectivity index (χ3n) is 3.49. The Bertz CT molecular complexity index is 1050. The Morgan fingerprint density at radius 2 is 1.92 bits per heavy atom. The number of hydrogen-bond acceptors (Lipinski definition) is 5. The zero-order valence-corrected chi connectivity index (χ0v) is 15.3. The summed E-state index contributed by atoms with van der Waals surface area (Å²) < 4.78 is 0. The normalized spacial score (nSPS) is 11.2. The van der Waals surface area contributed by atoms with E-state index in [1.807, 2.05) is 5.38 Å². The molecule has 5 nitrogen and oxygen atoms in total. The van der Waals surface area contributed by atoms with E-state index in [4.69, 9.17) is 23.2 Å². The van der Waals surface area contributed by atoms with Crippen molar-refractivity contribution in [3.8, 4) is 17.3 Å². The predicted molar refractivity (Wildman–Crippen MR) is 104 cm³/mol. The Morgan fingerprint density at radius 3 is 2.54 bits per heavy atom. The molecule has 0 unspecified atom stereocenters. The predicted octanol–water partition coefficient (Wildman–Crippen LogP) is 6.09. The molecule has 0 amide bonds. The smallest absolute Gasteiger partial charge is 0.258 e. The Hall–Kier alpha value is -2.72. The van der Waals surface area contributed by atoms with E-state index in [1.54, 1.807) is 36.4 Å². The number of rotatable bonds is 4. The van der Waals surface area contributed by atoms with Crippen molar-refractivity contribution in [2.24, 2.45) is 0 Å².